The lowest BCUT2D eigenvalue weighted by molar-refractivity contribution is 0.0651. The van der Waals surface area contributed by atoms with Gasteiger partial charge in [-0.25, -0.2) is 4.39 Å². The lowest BCUT2D eigenvalue weighted by Crippen LogP contribution is -2.48. The first kappa shape index (κ1) is 13.8. The second-order valence-corrected chi connectivity index (χ2v) is 4.76. The monoisotopic (exact) mass is 281 g/mol. The number of rotatable bonds is 2. The van der Waals surface area contributed by atoms with Crippen LogP contribution in [0, 0.1) is 17.1 Å². The molecule has 4 nitrogen and oxygen atoms in total. The van der Waals surface area contributed by atoms with E-state index in [1.54, 1.807) is 4.90 Å². The quantitative estimate of drug-likeness (QED) is 0.776. The standard InChI is InChI=1S/C13H13ClFN3O/c14-11-9-10(1-2-12(11)15)13(19)18-7-5-17(4-3-16)6-8-18/h1-2,9H,4-8H2. The molecule has 1 aromatic rings. The third-order valence-corrected chi connectivity index (χ3v) is 3.41. The number of nitrogens with zero attached hydrogens (tertiary/aromatic N) is 3. The molecule has 19 heavy (non-hydrogen) atoms. The van der Waals surface area contributed by atoms with Crippen molar-refractivity contribution in [3.63, 3.8) is 0 Å². The average molecular weight is 282 g/mol. The average Bonchev–Trinajstić information content (AvgIpc) is 2.42. The predicted molar refractivity (Wildman–Crippen MR) is 69.4 cm³/mol. The summed E-state index contributed by atoms with van der Waals surface area (Å²) in [4.78, 5) is 15.9. The molecule has 0 bridgehead atoms. The summed E-state index contributed by atoms with van der Waals surface area (Å²) in [5.74, 6) is -0.685. The summed E-state index contributed by atoms with van der Waals surface area (Å²) in [7, 11) is 0. The molecule has 1 aromatic carbocycles. The van der Waals surface area contributed by atoms with E-state index in [2.05, 4.69) is 6.07 Å². The molecule has 1 fully saturated rings. The summed E-state index contributed by atoms with van der Waals surface area (Å²) in [5.41, 5.74) is 0.389. The zero-order valence-corrected chi connectivity index (χ0v) is 11.0. The van der Waals surface area contributed by atoms with Crippen LogP contribution in [-0.4, -0.2) is 48.4 Å². The van der Waals surface area contributed by atoms with Crippen molar-refractivity contribution in [3.8, 4) is 6.07 Å². The van der Waals surface area contributed by atoms with Crippen LogP contribution in [0.1, 0.15) is 10.4 Å². The maximum absolute atomic E-state index is 13.0. The van der Waals surface area contributed by atoms with Crippen molar-refractivity contribution < 1.29 is 9.18 Å². The van der Waals surface area contributed by atoms with E-state index in [1.165, 1.54) is 18.2 Å². The second kappa shape index (κ2) is 6.00. The van der Waals surface area contributed by atoms with Gasteiger partial charge in [0.25, 0.3) is 5.91 Å². The van der Waals surface area contributed by atoms with Crippen LogP contribution in [0.15, 0.2) is 18.2 Å². The summed E-state index contributed by atoms with van der Waals surface area (Å²) in [6, 6.07) is 6.07. The molecule has 1 heterocycles. The van der Waals surface area contributed by atoms with Gasteiger partial charge in [-0.3, -0.25) is 9.69 Å². The molecular formula is C13H13ClFN3O. The van der Waals surface area contributed by atoms with Gasteiger partial charge in [0.1, 0.15) is 5.82 Å². The Hall–Kier alpha value is -1.64. The molecule has 100 valence electrons. The Labute approximate surface area is 116 Å². The number of carbonyl (C=O) groups excluding carboxylic acids is 1. The van der Waals surface area contributed by atoms with Crippen molar-refractivity contribution in [1.82, 2.24) is 9.80 Å². The van der Waals surface area contributed by atoms with E-state index < -0.39 is 5.82 Å². The van der Waals surface area contributed by atoms with Crippen molar-refractivity contribution in [2.24, 2.45) is 0 Å². The third kappa shape index (κ3) is 3.22. The fraction of sp³-hybridized carbons (Fsp3) is 0.385. The van der Waals surface area contributed by atoms with E-state index in [-0.39, 0.29) is 10.9 Å². The van der Waals surface area contributed by atoms with Crippen LogP contribution in [0.25, 0.3) is 0 Å². The molecule has 1 aliphatic heterocycles. The number of benzene rings is 1. The van der Waals surface area contributed by atoms with Crippen LogP contribution in [-0.2, 0) is 0 Å². The molecule has 0 radical (unpaired) electrons. The first-order chi connectivity index (χ1) is 9.11. The van der Waals surface area contributed by atoms with Gasteiger partial charge < -0.3 is 4.90 Å². The van der Waals surface area contributed by atoms with E-state index in [0.29, 0.717) is 38.3 Å². The lowest BCUT2D eigenvalue weighted by Gasteiger charge is -2.33. The van der Waals surface area contributed by atoms with Gasteiger partial charge in [0.15, 0.2) is 0 Å². The topological polar surface area (TPSA) is 47.3 Å². The maximum atomic E-state index is 13.0. The predicted octanol–water partition coefficient (Wildman–Crippen LogP) is 1.76. The summed E-state index contributed by atoms with van der Waals surface area (Å²) in [5, 5.41) is 8.56. The van der Waals surface area contributed by atoms with Crippen LogP contribution in [0.4, 0.5) is 4.39 Å². The zero-order valence-electron chi connectivity index (χ0n) is 10.3. The summed E-state index contributed by atoms with van der Waals surface area (Å²) in [6.45, 7) is 2.86. The van der Waals surface area contributed by atoms with Crippen LogP contribution < -0.4 is 0 Å². The van der Waals surface area contributed by atoms with Crippen molar-refractivity contribution in [2.45, 2.75) is 0 Å². The minimum Gasteiger partial charge on any atom is -0.336 e. The van der Waals surface area contributed by atoms with Gasteiger partial charge in [0.2, 0.25) is 0 Å². The van der Waals surface area contributed by atoms with E-state index in [1.807, 2.05) is 4.90 Å². The van der Waals surface area contributed by atoms with Gasteiger partial charge in [-0.15, -0.1) is 0 Å². The van der Waals surface area contributed by atoms with Gasteiger partial charge in [-0.2, -0.15) is 5.26 Å². The third-order valence-electron chi connectivity index (χ3n) is 3.12. The molecule has 1 aliphatic rings. The summed E-state index contributed by atoms with van der Waals surface area (Å²) in [6.07, 6.45) is 0. The van der Waals surface area contributed by atoms with Gasteiger partial charge in [0.05, 0.1) is 17.6 Å². The fourth-order valence-electron chi connectivity index (χ4n) is 2.02. The van der Waals surface area contributed by atoms with Crippen LogP contribution in [0.5, 0.6) is 0 Å². The number of piperazine rings is 1. The Bertz CT molecular complexity index is 521. The fourth-order valence-corrected chi connectivity index (χ4v) is 2.20. The van der Waals surface area contributed by atoms with Crippen molar-refractivity contribution >= 4 is 17.5 Å². The molecule has 0 saturated carbocycles. The first-order valence-electron chi connectivity index (χ1n) is 5.95. The van der Waals surface area contributed by atoms with Gasteiger partial charge >= 0.3 is 0 Å². The summed E-state index contributed by atoms with van der Waals surface area (Å²) >= 11 is 5.67. The smallest absolute Gasteiger partial charge is 0.253 e. The SMILES string of the molecule is N#CCN1CCN(C(=O)c2ccc(F)c(Cl)c2)CC1. The normalized spacial score (nSPS) is 16.2. The zero-order chi connectivity index (χ0) is 13.8. The van der Waals surface area contributed by atoms with Crippen molar-refractivity contribution in [2.75, 3.05) is 32.7 Å². The molecule has 0 aliphatic carbocycles. The highest BCUT2D eigenvalue weighted by atomic mass is 35.5. The lowest BCUT2D eigenvalue weighted by atomic mass is 10.1. The first-order valence-corrected chi connectivity index (χ1v) is 6.33. The van der Waals surface area contributed by atoms with Crippen LogP contribution in [0.2, 0.25) is 5.02 Å². The Balaban J connectivity index is 2.01. The number of hydrogen-bond acceptors (Lipinski definition) is 3. The number of nitriles is 1. The van der Waals surface area contributed by atoms with Crippen molar-refractivity contribution in [1.29, 1.82) is 5.26 Å². The highest BCUT2D eigenvalue weighted by Gasteiger charge is 2.22. The highest BCUT2D eigenvalue weighted by molar-refractivity contribution is 6.31. The minimum absolute atomic E-state index is 0.0473. The molecule has 0 N–H and O–H groups in total. The second-order valence-electron chi connectivity index (χ2n) is 4.36. The van der Waals surface area contributed by atoms with E-state index in [4.69, 9.17) is 16.9 Å². The van der Waals surface area contributed by atoms with E-state index in [9.17, 15) is 9.18 Å². The molecule has 0 spiro atoms. The highest BCUT2D eigenvalue weighted by Crippen LogP contribution is 2.17. The molecule has 0 unspecified atom stereocenters. The molecule has 1 amide bonds. The molecule has 6 heteroatoms. The minimum atomic E-state index is -0.531. The molecule has 1 saturated heterocycles. The number of halogens is 2. The van der Waals surface area contributed by atoms with Crippen molar-refractivity contribution in [3.05, 3.63) is 34.6 Å². The van der Waals surface area contributed by atoms with Crippen LogP contribution >= 0.6 is 11.6 Å². The largest absolute Gasteiger partial charge is 0.336 e. The number of carbonyl (C=O) groups is 1. The molecular weight excluding hydrogens is 269 g/mol. The Morgan fingerprint density at radius 3 is 2.63 bits per heavy atom. The Morgan fingerprint density at radius 2 is 2.05 bits per heavy atom. The summed E-state index contributed by atoms with van der Waals surface area (Å²) < 4.78 is 13.0. The van der Waals surface area contributed by atoms with E-state index >= 15 is 0 Å². The Kier molecular flexibility index (Phi) is 4.35. The molecule has 2 rings (SSSR count). The van der Waals surface area contributed by atoms with Gasteiger partial charge in [0, 0.05) is 31.7 Å². The number of amides is 1. The Morgan fingerprint density at radius 1 is 1.37 bits per heavy atom. The molecule has 0 atom stereocenters. The van der Waals surface area contributed by atoms with Crippen LogP contribution in [0.3, 0.4) is 0 Å². The van der Waals surface area contributed by atoms with Gasteiger partial charge in [-0.05, 0) is 18.2 Å². The van der Waals surface area contributed by atoms with E-state index in [0.717, 1.165) is 0 Å². The number of hydrogen-bond donors (Lipinski definition) is 0. The molecule has 0 aromatic heterocycles. The van der Waals surface area contributed by atoms with Gasteiger partial charge in [-0.1, -0.05) is 11.6 Å². The maximum Gasteiger partial charge on any atom is 0.253 e.